The van der Waals surface area contributed by atoms with Gasteiger partial charge in [0.25, 0.3) is 0 Å². The van der Waals surface area contributed by atoms with E-state index in [0.717, 1.165) is 12.8 Å². The number of allylic oxidation sites excluding steroid dienone is 1. The highest BCUT2D eigenvalue weighted by Crippen LogP contribution is 2.12. The SMILES string of the molecule is O=C1CCCCCCCCCCC/C=C\CCO1. The van der Waals surface area contributed by atoms with Gasteiger partial charge in [-0.2, -0.15) is 0 Å². The maximum atomic E-state index is 11.4. The van der Waals surface area contributed by atoms with Crippen LogP contribution in [0.1, 0.15) is 77.0 Å². The zero-order valence-electron chi connectivity index (χ0n) is 11.7. The molecule has 104 valence electrons. The van der Waals surface area contributed by atoms with E-state index in [0.29, 0.717) is 13.0 Å². The molecule has 2 nitrogen and oxygen atoms in total. The average molecular weight is 252 g/mol. The second-order valence-electron chi connectivity index (χ2n) is 5.20. The predicted octanol–water partition coefficient (Wildman–Crippen LogP) is 4.78. The molecule has 0 radical (unpaired) electrons. The summed E-state index contributed by atoms with van der Waals surface area (Å²) >= 11 is 0. The van der Waals surface area contributed by atoms with Crippen LogP contribution in [0.25, 0.3) is 0 Å². The van der Waals surface area contributed by atoms with Crippen molar-refractivity contribution in [3.63, 3.8) is 0 Å². The van der Waals surface area contributed by atoms with Crippen molar-refractivity contribution < 1.29 is 9.53 Å². The van der Waals surface area contributed by atoms with E-state index in [4.69, 9.17) is 4.74 Å². The maximum absolute atomic E-state index is 11.4. The molecule has 1 heterocycles. The van der Waals surface area contributed by atoms with Crippen LogP contribution in [-0.2, 0) is 9.53 Å². The minimum Gasteiger partial charge on any atom is -0.465 e. The molecule has 0 amide bonds. The highest BCUT2D eigenvalue weighted by Gasteiger charge is 2.01. The molecule has 0 aromatic carbocycles. The number of esters is 1. The summed E-state index contributed by atoms with van der Waals surface area (Å²) in [5, 5.41) is 0. The number of carbonyl (C=O) groups is 1. The van der Waals surface area contributed by atoms with Crippen molar-refractivity contribution in [1.29, 1.82) is 0 Å². The van der Waals surface area contributed by atoms with E-state index < -0.39 is 0 Å². The van der Waals surface area contributed by atoms with Gasteiger partial charge < -0.3 is 4.74 Å². The van der Waals surface area contributed by atoms with Crippen molar-refractivity contribution in [3.8, 4) is 0 Å². The highest BCUT2D eigenvalue weighted by molar-refractivity contribution is 5.69. The first-order valence-electron chi connectivity index (χ1n) is 7.70. The van der Waals surface area contributed by atoms with Crippen LogP contribution in [0.4, 0.5) is 0 Å². The van der Waals surface area contributed by atoms with Gasteiger partial charge in [-0.25, -0.2) is 0 Å². The van der Waals surface area contributed by atoms with Crippen LogP contribution in [0, 0.1) is 0 Å². The molecule has 0 saturated heterocycles. The zero-order valence-corrected chi connectivity index (χ0v) is 11.7. The van der Waals surface area contributed by atoms with Crippen molar-refractivity contribution in [3.05, 3.63) is 12.2 Å². The minimum atomic E-state index is -0.0206. The molecule has 0 atom stereocenters. The van der Waals surface area contributed by atoms with Crippen LogP contribution in [0.3, 0.4) is 0 Å². The minimum absolute atomic E-state index is 0.0206. The first kappa shape index (κ1) is 15.3. The van der Waals surface area contributed by atoms with Crippen molar-refractivity contribution in [2.45, 2.75) is 77.0 Å². The lowest BCUT2D eigenvalue weighted by Gasteiger charge is -2.03. The van der Waals surface area contributed by atoms with Crippen molar-refractivity contribution in [2.75, 3.05) is 6.61 Å². The summed E-state index contributed by atoms with van der Waals surface area (Å²) in [5.41, 5.74) is 0. The van der Waals surface area contributed by atoms with Crippen LogP contribution >= 0.6 is 0 Å². The van der Waals surface area contributed by atoms with Crippen LogP contribution in [0.15, 0.2) is 12.2 Å². The van der Waals surface area contributed by atoms with E-state index in [1.807, 2.05) is 0 Å². The molecule has 2 heteroatoms. The lowest BCUT2D eigenvalue weighted by atomic mass is 10.1. The van der Waals surface area contributed by atoms with E-state index in [1.54, 1.807) is 0 Å². The fourth-order valence-corrected chi connectivity index (χ4v) is 2.32. The van der Waals surface area contributed by atoms with Gasteiger partial charge in [0, 0.05) is 6.42 Å². The van der Waals surface area contributed by atoms with Gasteiger partial charge in [0.1, 0.15) is 0 Å². The van der Waals surface area contributed by atoms with Gasteiger partial charge in [0.05, 0.1) is 6.61 Å². The largest absolute Gasteiger partial charge is 0.465 e. The molecule has 0 N–H and O–H groups in total. The average Bonchev–Trinajstić information content (AvgIpc) is 2.37. The molecule has 0 aliphatic carbocycles. The van der Waals surface area contributed by atoms with Gasteiger partial charge in [-0.15, -0.1) is 0 Å². The number of cyclic esters (lactones) is 1. The van der Waals surface area contributed by atoms with E-state index in [1.165, 1.54) is 57.8 Å². The third-order valence-corrected chi connectivity index (χ3v) is 3.47. The Hall–Kier alpha value is -0.790. The van der Waals surface area contributed by atoms with Crippen LogP contribution in [0.2, 0.25) is 0 Å². The summed E-state index contributed by atoms with van der Waals surface area (Å²) in [6.07, 6.45) is 18.6. The third kappa shape index (κ3) is 9.26. The molecular weight excluding hydrogens is 224 g/mol. The molecule has 0 aromatic rings. The smallest absolute Gasteiger partial charge is 0.305 e. The van der Waals surface area contributed by atoms with E-state index in [9.17, 15) is 4.79 Å². The number of carbonyl (C=O) groups excluding carboxylic acids is 1. The molecule has 0 spiro atoms. The standard InChI is InChI=1S/C16H28O2/c17-16-14-12-10-8-6-4-2-1-3-5-7-9-11-13-15-18-16/h9,11H,1-8,10,12-15H2/b11-9-. The second kappa shape index (κ2) is 11.3. The molecular formula is C16H28O2. The first-order valence-corrected chi connectivity index (χ1v) is 7.70. The van der Waals surface area contributed by atoms with Crippen molar-refractivity contribution in [1.82, 2.24) is 0 Å². The summed E-state index contributed by atoms with van der Waals surface area (Å²) in [7, 11) is 0. The Balaban J connectivity index is 2.18. The van der Waals surface area contributed by atoms with Crippen LogP contribution < -0.4 is 0 Å². The Kier molecular flexibility index (Phi) is 9.59. The summed E-state index contributed by atoms with van der Waals surface area (Å²) in [5.74, 6) is -0.0206. The summed E-state index contributed by atoms with van der Waals surface area (Å²) in [4.78, 5) is 11.4. The molecule has 0 unspecified atom stereocenters. The van der Waals surface area contributed by atoms with Crippen molar-refractivity contribution >= 4 is 5.97 Å². The maximum Gasteiger partial charge on any atom is 0.305 e. The van der Waals surface area contributed by atoms with Gasteiger partial charge >= 0.3 is 5.97 Å². The Labute approximate surface area is 112 Å². The van der Waals surface area contributed by atoms with Gasteiger partial charge in [-0.1, -0.05) is 57.1 Å². The summed E-state index contributed by atoms with van der Waals surface area (Å²) in [6, 6.07) is 0. The molecule has 18 heavy (non-hydrogen) atoms. The Morgan fingerprint density at radius 1 is 0.722 bits per heavy atom. The Morgan fingerprint density at radius 2 is 1.28 bits per heavy atom. The van der Waals surface area contributed by atoms with Gasteiger partial charge in [0.15, 0.2) is 0 Å². The molecule has 0 fully saturated rings. The molecule has 1 aliphatic heterocycles. The summed E-state index contributed by atoms with van der Waals surface area (Å²) < 4.78 is 5.18. The topological polar surface area (TPSA) is 26.3 Å². The lowest BCUT2D eigenvalue weighted by Crippen LogP contribution is -2.04. The van der Waals surface area contributed by atoms with Gasteiger partial charge in [-0.3, -0.25) is 4.79 Å². The van der Waals surface area contributed by atoms with Crippen LogP contribution in [-0.4, -0.2) is 12.6 Å². The fourth-order valence-electron chi connectivity index (χ4n) is 2.32. The van der Waals surface area contributed by atoms with Crippen LogP contribution in [0.5, 0.6) is 0 Å². The Morgan fingerprint density at radius 3 is 2.00 bits per heavy atom. The molecule has 0 aromatic heterocycles. The zero-order chi connectivity index (χ0) is 12.9. The van der Waals surface area contributed by atoms with Gasteiger partial charge in [0.2, 0.25) is 0 Å². The normalized spacial score (nSPS) is 23.9. The van der Waals surface area contributed by atoms with E-state index >= 15 is 0 Å². The van der Waals surface area contributed by atoms with E-state index in [-0.39, 0.29) is 5.97 Å². The monoisotopic (exact) mass is 252 g/mol. The lowest BCUT2D eigenvalue weighted by molar-refractivity contribution is -0.143. The fraction of sp³-hybridized carbons (Fsp3) is 0.812. The molecule has 1 aliphatic rings. The quantitative estimate of drug-likeness (QED) is 0.458. The van der Waals surface area contributed by atoms with E-state index in [2.05, 4.69) is 12.2 Å². The summed E-state index contributed by atoms with van der Waals surface area (Å²) in [6.45, 7) is 0.551. The highest BCUT2D eigenvalue weighted by atomic mass is 16.5. The van der Waals surface area contributed by atoms with Crippen molar-refractivity contribution in [2.24, 2.45) is 0 Å². The predicted molar refractivity (Wildman–Crippen MR) is 75.5 cm³/mol. The number of hydrogen-bond acceptors (Lipinski definition) is 2. The second-order valence-corrected chi connectivity index (χ2v) is 5.20. The third-order valence-electron chi connectivity index (χ3n) is 3.47. The number of ether oxygens (including phenoxy) is 1. The molecule has 0 saturated carbocycles. The Bertz CT molecular complexity index is 233. The first-order chi connectivity index (χ1) is 8.89. The molecule has 1 rings (SSSR count). The van der Waals surface area contributed by atoms with Gasteiger partial charge in [-0.05, 0) is 25.7 Å². The molecule has 0 bridgehead atoms. The number of hydrogen-bond donors (Lipinski definition) is 0. The number of rotatable bonds is 0.